The van der Waals surface area contributed by atoms with Crippen molar-refractivity contribution in [2.45, 2.75) is 84.2 Å². The van der Waals surface area contributed by atoms with E-state index in [0.29, 0.717) is 25.0 Å². The summed E-state index contributed by atoms with van der Waals surface area (Å²) in [7, 11) is -2.58. The SMILES string of the molecule is CC(C)(C)OC(=O)N1[C@H]([C@H]2C[C@@H]2CO[Si](c2ccccc2)(c2ccccc2)C(C)(C)C)COC1(C)C. The van der Waals surface area contributed by atoms with E-state index in [4.69, 9.17) is 13.9 Å². The molecule has 0 bridgehead atoms. The molecule has 0 aromatic heterocycles. The quantitative estimate of drug-likeness (QED) is 0.478. The van der Waals surface area contributed by atoms with Gasteiger partial charge in [-0.2, -0.15) is 0 Å². The number of hydrogen-bond acceptors (Lipinski definition) is 4. The van der Waals surface area contributed by atoms with Gasteiger partial charge in [-0.25, -0.2) is 4.79 Å². The molecule has 1 aliphatic carbocycles. The molecule has 1 heterocycles. The first-order valence-electron chi connectivity index (χ1n) is 13.2. The van der Waals surface area contributed by atoms with E-state index in [1.807, 2.05) is 39.5 Å². The molecule has 3 atom stereocenters. The Bertz CT molecular complexity index is 1000. The van der Waals surface area contributed by atoms with Gasteiger partial charge in [0, 0.05) is 6.61 Å². The summed E-state index contributed by atoms with van der Waals surface area (Å²) in [6.45, 7) is 17.7. The number of hydrogen-bond donors (Lipinski definition) is 0. The van der Waals surface area contributed by atoms with E-state index in [2.05, 4.69) is 81.4 Å². The molecule has 2 aromatic carbocycles. The van der Waals surface area contributed by atoms with Crippen molar-refractivity contribution in [1.82, 2.24) is 4.90 Å². The zero-order valence-corrected chi connectivity index (χ0v) is 24.2. The van der Waals surface area contributed by atoms with Crippen LogP contribution >= 0.6 is 0 Å². The van der Waals surface area contributed by atoms with Gasteiger partial charge in [0.2, 0.25) is 0 Å². The van der Waals surface area contributed by atoms with Gasteiger partial charge in [-0.05, 0) is 68.3 Å². The number of carbonyl (C=O) groups is 1. The van der Waals surface area contributed by atoms with Crippen molar-refractivity contribution in [3.63, 3.8) is 0 Å². The molecule has 4 rings (SSSR count). The Kier molecular flexibility index (Phi) is 7.19. The van der Waals surface area contributed by atoms with Gasteiger partial charge in [-0.15, -0.1) is 0 Å². The predicted molar refractivity (Wildman–Crippen MR) is 147 cm³/mol. The maximum Gasteiger partial charge on any atom is 0.412 e. The van der Waals surface area contributed by atoms with Crippen LogP contribution in [-0.2, 0) is 13.9 Å². The Morgan fingerprint density at radius 3 is 1.97 bits per heavy atom. The fourth-order valence-corrected chi connectivity index (χ4v) is 10.4. The van der Waals surface area contributed by atoms with Crippen LogP contribution in [0.3, 0.4) is 0 Å². The van der Waals surface area contributed by atoms with Gasteiger partial charge in [0.15, 0.2) is 0 Å². The fraction of sp³-hybridized carbons (Fsp3) is 0.567. The molecule has 1 saturated heterocycles. The van der Waals surface area contributed by atoms with Crippen LogP contribution in [0.4, 0.5) is 4.79 Å². The van der Waals surface area contributed by atoms with E-state index in [9.17, 15) is 4.79 Å². The van der Waals surface area contributed by atoms with Crippen molar-refractivity contribution in [3.8, 4) is 0 Å². The number of benzene rings is 2. The standard InChI is InChI=1S/C30H43NO4Si/c1-28(2,3)35-27(32)31-26(21-33-30(31,7)8)25-19-22(25)20-34-36(29(4,5)6,23-15-11-9-12-16-23)24-17-13-10-14-18-24/h9-18,22,25-26H,19-21H2,1-8H3/t22-,25+,26+/m1/s1. The molecule has 5 nitrogen and oxygen atoms in total. The van der Waals surface area contributed by atoms with E-state index in [-0.39, 0.29) is 17.2 Å². The molecule has 0 N–H and O–H groups in total. The Labute approximate surface area is 218 Å². The topological polar surface area (TPSA) is 48.0 Å². The second-order valence-electron chi connectivity index (χ2n) is 12.8. The summed E-state index contributed by atoms with van der Waals surface area (Å²) in [5.74, 6) is 0.733. The lowest BCUT2D eigenvalue weighted by molar-refractivity contribution is -0.0633. The molecule has 0 radical (unpaired) electrons. The first kappa shape index (κ1) is 26.9. The summed E-state index contributed by atoms with van der Waals surface area (Å²) in [5, 5.41) is 2.53. The zero-order chi connectivity index (χ0) is 26.4. The van der Waals surface area contributed by atoms with Gasteiger partial charge >= 0.3 is 6.09 Å². The van der Waals surface area contributed by atoms with Gasteiger partial charge in [0.05, 0.1) is 12.6 Å². The lowest BCUT2D eigenvalue weighted by Gasteiger charge is -2.43. The molecule has 1 aliphatic heterocycles. The summed E-state index contributed by atoms with van der Waals surface area (Å²) in [6.07, 6.45) is 0.732. The molecule has 1 amide bonds. The minimum atomic E-state index is -2.58. The number of nitrogens with zero attached hydrogens (tertiary/aromatic N) is 1. The summed E-state index contributed by atoms with van der Waals surface area (Å²) >= 11 is 0. The highest BCUT2D eigenvalue weighted by Crippen LogP contribution is 2.49. The maximum absolute atomic E-state index is 13.1. The van der Waals surface area contributed by atoms with Crippen molar-refractivity contribution in [2.24, 2.45) is 11.8 Å². The summed E-state index contributed by atoms with van der Waals surface area (Å²) < 4.78 is 19.0. The molecule has 1 saturated carbocycles. The molecule has 6 heteroatoms. The Morgan fingerprint density at radius 1 is 0.972 bits per heavy atom. The second-order valence-corrected chi connectivity index (χ2v) is 17.1. The number of rotatable bonds is 6. The Balaban J connectivity index is 1.57. The van der Waals surface area contributed by atoms with Crippen LogP contribution in [0, 0.1) is 11.8 Å². The van der Waals surface area contributed by atoms with Crippen LogP contribution in [-0.4, -0.2) is 49.9 Å². The highest BCUT2D eigenvalue weighted by molar-refractivity contribution is 6.99. The van der Waals surface area contributed by atoms with E-state index >= 15 is 0 Å². The minimum absolute atomic E-state index is 0.00241. The third-order valence-electron chi connectivity index (χ3n) is 7.51. The number of carbonyl (C=O) groups excluding carboxylic acids is 1. The number of amides is 1. The second kappa shape index (κ2) is 9.62. The monoisotopic (exact) mass is 509 g/mol. The average molecular weight is 510 g/mol. The summed E-state index contributed by atoms with van der Waals surface area (Å²) in [4.78, 5) is 15.0. The predicted octanol–water partition coefficient (Wildman–Crippen LogP) is 5.57. The van der Waals surface area contributed by atoms with Crippen molar-refractivity contribution in [2.75, 3.05) is 13.2 Å². The first-order chi connectivity index (χ1) is 16.8. The van der Waals surface area contributed by atoms with E-state index in [0.717, 1.165) is 6.42 Å². The van der Waals surface area contributed by atoms with Crippen molar-refractivity contribution in [3.05, 3.63) is 60.7 Å². The molecule has 2 fully saturated rings. The van der Waals surface area contributed by atoms with E-state index < -0.39 is 19.6 Å². The molecule has 196 valence electrons. The average Bonchev–Trinajstić information content (AvgIpc) is 3.48. The largest absolute Gasteiger partial charge is 0.444 e. The Hall–Kier alpha value is -2.15. The summed E-state index contributed by atoms with van der Waals surface area (Å²) in [5.41, 5.74) is -1.23. The molecular formula is C30H43NO4Si. The van der Waals surface area contributed by atoms with Gasteiger partial charge in [-0.1, -0.05) is 81.4 Å². The van der Waals surface area contributed by atoms with Crippen LogP contribution in [0.15, 0.2) is 60.7 Å². The first-order valence-corrected chi connectivity index (χ1v) is 15.1. The Morgan fingerprint density at radius 2 is 1.50 bits per heavy atom. The highest BCUT2D eigenvalue weighted by atomic mass is 28.4. The van der Waals surface area contributed by atoms with Crippen molar-refractivity contribution >= 4 is 24.8 Å². The van der Waals surface area contributed by atoms with Gasteiger partial charge < -0.3 is 13.9 Å². The molecule has 2 aliphatic rings. The smallest absolute Gasteiger partial charge is 0.412 e. The lowest BCUT2D eigenvalue weighted by Crippen LogP contribution is -2.66. The molecule has 0 unspecified atom stereocenters. The van der Waals surface area contributed by atoms with Gasteiger partial charge in [-0.3, -0.25) is 4.90 Å². The van der Waals surface area contributed by atoms with E-state index in [1.165, 1.54) is 10.4 Å². The van der Waals surface area contributed by atoms with Gasteiger partial charge in [0.25, 0.3) is 8.32 Å². The molecule has 2 aromatic rings. The van der Waals surface area contributed by atoms with Crippen LogP contribution in [0.25, 0.3) is 0 Å². The zero-order valence-electron chi connectivity index (χ0n) is 23.2. The third-order valence-corrected chi connectivity index (χ3v) is 12.5. The highest BCUT2D eigenvalue weighted by Gasteiger charge is 2.57. The fourth-order valence-electron chi connectivity index (χ4n) is 5.74. The molecule has 0 spiro atoms. The van der Waals surface area contributed by atoms with Crippen molar-refractivity contribution in [1.29, 1.82) is 0 Å². The van der Waals surface area contributed by atoms with Crippen LogP contribution < -0.4 is 10.4 Å². The summed E-state index contributed by atoms with van der Waals surface area (Å²) in [6, 6.07) is 21.5. The normalized spacial score (nSPS) is 24.0. The van der Waals surface area contributed by atoms with E-state index in [1.54, 1.807) is 0 Å². The molecular weight excluding hydrogens is 466 g/mol. The van der Waals surface area contributed by atoms with Crippen LogP contribution in [0.2, 0.25) is 5.04 Å². The number of ether oxygens (including phenoxy) is 2. The van der Waals surface area contributed by atoms with Gasteiger partial charge in [0.1, 0.15) is 11.3 Å². The van der Waals surface area contributed by atoms with Crippen molar-refractivity contribution < 1.29 is 18.7 Å². The van der Waals surface area contributed by atoms with Crippen LogP contribution in [0.5, 0.6) is 0 Å². The maximum atomic E-state index is 13.1. The third kappa shape index (κ3) is 5.27. The molecule has 36 heavy (non-hydrogen) atoms. The minimum Gasteiger partial charge on any atom is -0.444 e. The lowest BCUT2D eigenvalue weighted by atomic mass is 10.1. The van der Waals surface area contributed by atoms with Crippen LogP contribution in [0.1, 0.15) is 61.8 Å².